The lowest BCUT2D eigenvalue weighted by Crippen LogP contribution is -2.04. The fourth-order valence-electron chi connectivity index (χ4n) is 16.3. The van der Waals surface area contributed by atoms with E-state index in [1.165, 1.54) is 12.1 Å². The molecule has 1 N–H and O–H groups in total. The van der Waals surface area contributed by atoms with Crippen molar-refractivity contribution in [2.45, 2.75) is 23.6 Å². The average molecular weight is 1680 g/mol. The summed E-state index contributed by atoms with van der Waals surface area (Å²) < 4.78 is 51.7. The van der Waals surface area contributed by atoms with E-state index in [0.717, 1.165) is 128 Å². The number of ketones is 3. The van der Waals surface area contributed by atoms with Gasteiger partial charge in [0.1, 0.15) is 57.8 Å². The Bertz CT molecular complexity index is 7950. The van der Waals surface area contributed by atoms with Crippen LogP contribution >= 0.6 is 0 Å². The van der Waals surface area contributed by atoms with Gasteiger partial charge in [0.25, 0.3) is 0 Å². The number of ether oxygens (including phenoxy) is 3. The molecule has 0 saturated heterocycles. The van der Waals surface area contributed by atoms with E-state index in [-0.39, 0.29) is 27.1 Å². The van der Waals surface area contributed by atoms with Crippen molar-refractivity contribution >= 4 is 71.3 Å². The lowest BCUT2D eigenvalue weighted by Gasteiger charge is -2.13. The molecule has 0 aliphatic carbocycles. The number of nitrogens with one attached hydrogen (secondary N) is 1. The number of hydrogen-bond donors (Lipinski definition) is 1. The van der Waals surface area contributed by atoms with Crippen molar-refractivity contribution in [1.82, 2.24) is 38.6 Å². The second-order valence-corrected chi connectivity index (χ2v) is 33.4. The normalized spacial score (nSPS) is 11.5. The minimum Gasteiger partial charge on any atom is -0.457 e. The van der Waals surface area contributed by atoms with Gasteiger partial charge >= 0.3 is 0 Å². The highest BCUT2D eigenvalue weighted by Gasteiger charge is 2.25. The van der Waals surface area contributed by atoms with E-state index < -0.39 is 9.84 Å². The number of imidazole rings is 4. The molecule has 0 atom stereocenters. The third kappa shape index (κ3) is 15.3. The number of nitrogens with zero attached hydrogens (tertiary/aromatic N) is 7. The van der Waals surface area contributed by atoms with Crippen molar-refractivity contribution in [1.29, 1.82) is 0 Å². The maximum absolute atomic E-state index is 14.6. The van der Waals surface area contributed by atoms with Gasteiger partial charge in [0.2, 0.25) is 9.84 Å². The van der Waals surface area contributed by atoms with E-state index in [1.54, 1.807) is 60.7 Å². The molecular weight excluding hydrogens is 1610 g/mol. The number of rotatable bonds is 23. The Morgan fingerprint density at radius 2 is 0.555 bits per heavy atom. The molecule has 4 heterocycles. The third-order valence-corrected chi connectivity index (χ3v) is 24.9. The molecule has 4 aromatic heterocycles. The van der Waals surface area contributed by atoms with Crippen LogP contribution in [0, 0.1) is 13.8 Å². The molecule has 0 aliphatic heterocycles. The first-order valence-corrected chi connectivity index (χ1v) is 43.3. The first-order valence-electron chi connectivity index (χ1n) is 41.8. The number of para-hydroxylation sites is 7. The van der Waals surface area contributed by atoms with E-state index >= 15 is 0 Å². The minimum absolute atomic E-state index is 0.0167. The number of aromatic amines is 1. The zero-order valence-electron chi connectivity index (χ0n) is 69.0. The van der Waals surface area contributed by atoms with Crippen LogP contribution in [0.3, 0.4) is 0 Å². The maximum atomic E-state index is 14.6. The molecule has 21 rings (SSSR count). The van der Waals surface area contributed by atoms with Crippen LogP contribution in [0.25, 0.3) is 129 Å². The lowest BCUT2D eigenvalue weighted by molar-refractivity contribution is 0.103. The number of aryl methyl sites for hydroxylation is 2. The molecule has 21 aromatic rings. The Morgan fingerprint density at radius 1 is 0.266 bits per heavy atom. The predicted octanol–water partition coefficient (Wildman–Crippen LogP) is 26.1. The van der Waals surface area contributed by atoms with Crippen LogP contribution in [0.1, 0.15) is 58.9 Å². The highest BCUT2D eigenvalue weighted by atomic mass is 32.2. The van der Waals surface area contributed by atoms with Crippen molar-refractivity contribution in [3.05, 3.63) is 451 Å². The van der Waals surface area contributed by atoms with Gasteiger partial charge in [-0.25, -0.2) is 28.4 Å². The van der Waals surface area contributed by atoms with Gasteiger partial charge in [-0.15, -0.1) is 0 Å². The van der Waals surface area contributed by atoms with Gasteiger partial charge in [-0.3, -0.25) is 28.1 Å². The van der Waals surface area contributed by atoms with Crippen LogP contribution in [0.15, 0.2) is 416 Å². The second-order valence-electron chi connectivity index (χ2n) is 31.4. The van der Waals surface area contributed by atoms with E-state index in [9.17, 15) is 22.8 Å². The Hall–Kier alpha value is -17.0. The molecule has 0 spiro atoms. The van der Waals surface area contributed by atoms with E-state index in [0.29, 0.717) is 79.5 Å². The molecule has 0 unspecified atom stereocenters. The number of aromatic nitrogens is 8. The summed E-state index contributed by atoms with van der Waals surface area (Å²) in [6, 6.07) is 128. The van der Waals surface area contributed by atoms with Crippen LogP contribution in [0.2, 0.25) is 0 Å². The fourth-order valence-corrected chi connectivity index (χ4v) is 17.6. The average Bonchev–Trinajstić information content (AvgIpc) is 1.58. The summed E-state index contributed by atoms with van der Waals surface area (Å²) in [4.78, 5) is 66.7. The van der Waals surface area contributed by atoms with E-state index in [1.807, 2.05) is 299 Å². The SMILES string of the molecule is Cc1ccc(Oc2ccc(S(=O)(=O)c3ccc(Oc4ccc(-c5ccc(Oc6ccc(C(=O)c7ccc(-n8c(-c9cccc(-c%10nc%11ccccc%11n%10-c%10ccc(C(=O)c%11ccc(-n%12c(-c%13ccc(-c%14nc%15cccc(-c%16ccc(C(=O)c%17ccc(C)cc%17)cc%16)c%15[nH]%14)cc%13)nc%13ccccc%13%12)cc%11)cc%10)c9)nc9ccccc98)cc7)cc6)cc5)cc4)cc3)cc2)cc1. The molecule has 0 radical (unpaired) electrons. The largest absolute Gasteiger partial charge is 0.457 e. The monoisotopic (exact) mass is 1680 g/mol. The molecule has 0 saturated carbocycles. The zero-order chi connectivity index (χ0) is 86.5. The predicted molar refractivity (Wildman–Crippen MR) is 503 cm³/mol. The van der Waals surface area contributed by atoms with Crippen LogP contribution in [-0.4, -0.2) is 64.4 Å². The summed E-state index contributed by atoms with van der Waals surface area (Å²) in [5, 5.41) is 0. The van der Waals surface area contributed by atoms with Gasteiger partial charge in [0.15, 0.2) is 17.3 Å². The molecule has 0 aliphatic rings. The number of sulfone groups is 1. The Morgan fingerprint density at radius 3 is 0.953 bits per heavy atom. The van der Waals surface area contributed by atoms with Gasteiger partial charge in [-0.2, -0.15) is 0 Å². The van der Waals surface area contributed by atoms with Gasteiger partial charge in [-0.05, 0) is 261 Å². The zero-order valence-corrected chi connectivity index (χ0v) is 69.8. The molecule has 612 valence electrons. The van der Waals surface area contributed by atoms with Crippen LogP contribution in [-0.2, 0) is 9.84 Å². The second kappa shape index (κ2) is 33.0. The molecule has 128 heavy (non-hydrogen) atoms. The molecule has 0 bridgehead atoms. The summed E-state index contributed by atoms with van der Waals surface area (Å²) in [7, 11) is -3.79. The number of carbonyl (C=O) groups is 3. The van der Waals surface area contributed by atoms with Crippen molar-refractivity contribution in [3.8, 4) is 119 Å². The van der Waals surface area contributed by atoms with Gasteiger partial charge in [0.05, 0.1) is 53.9 Å². The van der Waals surface area contributed by atoms with E-state index in [2.05, 4.69) is 67.2 Å². The van der Waals surface area contributed by atoms with Crippen molar-refractivity contribution in [2.24, 2.45) is 0 Å². The standard InChI is InChI=1S/C111H74N8O8S/c1-70-21-25-75(26-22-70)105(120)76-29-27-74(28-30-76)96-13-10-17-100-104(96)116-108(112-100)81-31-33-82(34-32-81)109-113-97-14-3-6-18-101(97)117(109)85-47-35-77(36-48-85)106(121)78-37-49-86(50-38-78)118-102-19-7-4-15-98(102)114-110(118)83-11-9-12-84(69-83)111-115-99-16-5-8-20-103(99)119(111)87-51-39-79(40-52-87)107(122)80-45-59-91(60-46-80)126-89-55-41-72(42-56-89)73-43-57-90(58-44-73)127-93-63-67-95(68-64-93)128(123,124)94-65-61-92(62-66-94)125-88-53-23-71(2)24-54-88/h3-69H,1-2H3,(H,112,116). The lowest BCUT2D eigenvalue weighted by atomic mass is 9.98. The van der Waals surface area contributed by atoms with Crippen LogP contribution < -0.4 is 14.2 Å². The summed E-state index contributed by atoms with van der Waals surface area (Å²) in [6.07, 6.45) is 0. The fraction of sp³-hybridized carbons (Fsp3) is 0.0180. The Kier molecular flexibility index (Phi) is 20.2. The molecule has 16 nitrogen and oxygen atoms in total. The van der Waals surface area contributed by atoms with Gasteiger partial charge in [-0.1, -0.05) is 187 Å². The number of benzene rings is 17. The molecule has 0 amide bonds. The Balaban J connectivity index is 0.470. The summed E-state index contributed by atoms with van der Waals surface area (Å²) >= 11 is 0. The van der Waals surface area contributed by atoms with Crippen LogP contribution in [0.4, 0.5) is 0 Å². The number of hydrogen-bond acceptors (Lipinski definition) is 12. The van der Waals surface area contributed by atoms with Gasteiger partial charge < -0.3 is 19.2 Å². The number of H-pyrrole nitrogens is 1. The highest BCUT2D eigenvalue weighted by molar-refractivity contribution is 7.91. The quantitative estimate of drug-likeness (QED) is 0.0596. The summed E-state index contributed by atoms with van der Waals surface area (Å²) in [6.45, 7) is 4.01. The third-order valence-electron chi connectivity index (χ3n) is 23.1. The van der Waals surface area contributed by atoms with Crippen molar-refractivity contribution in [2.75, 3.05) is 0 Å². The highest BCUT2D eigenvalue weighted by Crippen LogP contribution is 2.40. The molecule has 17 heteroatoms. The Labute approximate surface area is 736 Å². The number of carbonyl (C=O) groups excluding carboxylic acids is 3. The molecular formula is C111H74N8O8S. The summed E-state index contributed by atoms with van der Waals surface area (Å²) in [5.41, 5.74) is 22.3. The van der Waals surface area contributed by atoms with Crippen molar-refractivity contribution < 1.29 is 37.0 Å². The van der Waals surface area contributed by atoms with Gasteiger partial charge in [0, 0.05) is 78.3 Å². The molecule has 17 aromatic carbocycles. The van der Waals surface area contributed by atoms with E-state index in [4.69, 9.17) is 34.1 Å². The number of fused-ring (bicyclic) bond motifs is 4. The summed E-state index contributed by atoms with van der Waals surface area (Å²) in [5.74, 6) is 6.08. The van der Waals surface area contributed by atoms with Crippen molar-refractivity contribution in [3.63, 3.8) is 0 Å². The smallest absolute Gasteiger partial charge is 0.206 e. The van der Waals surface area contributed by atoms with Crippen LogP contribution in [0.5, 0.6) is 34.5 Å². The first-order chi connectivity index (χ1) is 62.7. The maximum Gasteiger partial charge on any atom is 0.206 e. The molecule has 0 fully saturated rings. The minimum atomic E-state index is -3.79. The first kappa shape index (κ1) is 78.2. The topological polar surface area (TPSA) is 195 Å².